The van der Waals surface area contributed by atoms with Crippen molar-refractivity contribution < 1.29 is 19.1 Å². The van der Waals surface area contributed by atoms with E-state index < -0.39 is 18.5 Å². The first-order valence-corrected chi connectivity index (χ1v) is 9.16. The van der Waals surface area contributed by atoms with Crippen LogP contribution in [-0.2, 0) is 14.3 Å². The zero-order valence-corrected chi connectivity index (χ0v) is 16.3. The zero-order chi connectivity index (χ0) is 20.8. The van der Waals surface area contributed by atoms with Gasteiger partial charge in [0.05, 0.1) is 23.3 Å². The molecule has 1 heterocycles. The number of ether oxygens (including phenoxy) is 1. The van der Waals surface area contributed by atoms with Gasteiger partial charge in [-0.05, 0) is 18.2 Å². The Kier molecular flexibility index (Phi) is 6.41. The molecule has 0 fully saturated rings. The summed E-state index contributed by atoms with van der Waals surface area (Å²) in [6.07, 6.45) is 0. The lowest BCUT2D eigenvalue weighted by molar-refractivity contribution is -0.127. The maximum absolute atomic E-state index is 12.7. The number of esters is 1. The van der Waals surface area contributed by atoms with Gasteiger partial charge in [0.15, 0.2) is 6.61 Å². The van der Waals surface area contributed by atoms with Crippen LogP contribution in [-0.4, -0.2) is 43.0 Å². The number of rotatable bonds is 6. The number of halogens is 1. The van der Waals surface area contributed by atoms with Crippen molar-refractivity contribution in [3.63, 3.8) is 0 Å². The number of hydrogen-bond donors (Lipinski definition) is 2. The molecular weight excluding hydrogens is 394 g/mol. The van der Waals surface area contributed by atoms with Crippen molar-refractivity contribution >= 4 is 40.3 Å². The number of nitrogens with one attached hydrogen (secondary N) is 2. The first-order valence-electron chi connectivity index (χ1n) is 8.78. The molecule has 0 bridgehead atoms. The second kappa shape index (κ2) is 9.16. The van der Waals surface area contributed by atoms with Crippen LogP contribution in [0.3, 0.4) is 0 Å². The van der Waals surface area contributed by atoms with Gasteiger partial charge in [-0.2, -0.15) is 0 Å². The smallest absolute Gasteiger partial charge is 0.339 e. The number of para-hydroxylation sites is 1. The highest BCUT2D eigenvalue weighted by atomic mass is 35.5. The predicted molar refractivity (Wildman–Crippen MR) is 110 cm³/mol. The lowest BCUT2D eigenvalue weighted by Crippen LogP contribution is -2.37. The van der Waals surface area contributed by atoms with E-state index in [0.29, 0.717) is 27.2 Å². The number of amides is 2. The first-order chi connectivity index (χ1) is 14.0. The first kappa shape index (κ1) is 20.3. The van der Waals surface area contributed by atoms with Crippen molar-refractivity contribution in [3.8, 4) is 11.3 Å². The summed E-state index contributed by atoms with van der Waals surface area (Å²) in [5.74, 6) is -1.60. The number of aromatic nitrogens is 1. The molecule has 0 saturated heterocycles. The molecule has 1 aromatic heterocycles. The SMILES string of the molecule is CNC(=O)CNC(=O)COC(=O)c1cc(-c2ccccc2Cl)nc2ccccc12. The fourth-order valence-electron chi connectivity index (χ4n) is 2.68. The maximum atomic E-state index is 12.7. The third kappa shape index (κ3) is 4.89. The highest BCUT2D eigenvalue weighted by molar-refractivity contribution is 6.33. The van der Waals surface area contributed by atoms with Gasteiger partial charge in [0.1, 0.15) is 0 Å². The van der Waals surface area contributed by atoms with Crippen LogP contribution in [0.4, 0.5) is 0 Å². The normalized spacial score (nSPS) is 10.4. The summed E-state index contributed by atoms with van der Waals surface area (Å²) in [6, 6.07) is 15.9. The minimum atomic E-state index is -0.674. The number of nitrogens with zero attached hydrogens (tertiary/aromatic N) is 1. The van der Waals surface area contributed by atoms with Gasteiger partial charge < -0.3 is 15.4 Å². The quantitative estimate of drug-likeness (QED) is 0.607. The molecule has 0 spiro atoms. The predicted octanol–water partition coefficient (Wildman–Crippen LogP) is 2.57. The molecule has 148 valence electrons. The molecule has 0 radical (unpaired) electrons. The van der Waals surface area contributed by atoms with Gasteiger partial charge in [0.25, 0.3) is 5.91 Å². The summed E-state index contributed by atoms with van der Waals surface area (Å²) in [6.45, 7) is -0.699. The van der Waals surface area contributed by atoms with Gasteiger partial charge in [-0.25, -0.2) is 9.78 Å². The van der Waals surface area contributed by atoms with Gasteiger partial charge in [-0.3, -0.25) is 9.59 Å². The van der Waals surface area contributed by atoms with Crippen molar-refractivity contribution in [3.05, 3.63) is 65.2 Å². The van der Waals surface area contributed by atoms with Crippen LogP contribution < -0.4 is 10.6 Å². The average molecular weight is 412 g/mol. The number of hydrogen-bond acceptors (Lipinski definition) is 5. The van der Waals surface area contributed by atoms with E-state index in [9.17, 15) is 14.4 Å². The molecule has 2 N–H and O–H groups in total. The average Bonchev–Trinajstić information content (AvgIpc) is 2.75. The molecule has 0 aliphatic rings. The van der Waals surface area contributed by atoms with Crippen LogP contribution >= 0.6 is 11.6 Å². The standard InChI is InChI=1S/C21H18ClN3O4/c1-23-19(26)11-24-20(27)12-29-21(28)15-10-18(14-7-2-4-8-16(14)22)25-17-9-5-3-6-13(15)17/h2-10H,11-12H2,1H3,(H,23,26)(H,24,27). The molecule has 0 aliphatic heterocycles. The summed E-state index contributed by atoms with van der Waals surface area (Å²) in [4.78, 5) is 40.2. The molecule has 3 aromatic rings. The van der Waals surface area contributed by atoms with E-state index in [1.165, 1.54) is 7.05 Å². The Hall–Kier alpha value is -3.45. The number of benzene rings is 2. The Labute approximate surface area is 172 Å². The van der Waals surface area contributed by atoms with E-state index in [4.69, 9.17) is 16.3 Å². The van der Waals surface area contributed by atoms with Gasteiger partial charge >= 0.3 is 5.97 Å². The van der Waals surface area contributed by atoms with Crippen molar-refractivity contribution in [2.45, 2.75) is 0 Å². The zero-order valence-electron chi connectivity index (χ0n) is 15.6. The molecule has 29 heavy (non-hydrogen) atoms. The van der Waals surface area contributed by atoms with Crippen LogP contribution in [0.2, 0.25) is 5.02 Å². The molecule has 8 heteroatoms. The third-order valence-electron chi connectivity index (χ3n) is 4.15. The number of likely N-dealkylation sites (N-methyl/N-ethyl adjacent to an activating group) is 1. The second-order valence-electron chi connectivity index (χ2n) is 6.08. The van der Waals surface area contributed by atoms with E-state index in [0.717, 1.165) is 0 Å². The van der Waals surface area contributed by atoms with E-state index in [2.05, 4.69) is 15.6 Å². The van der Waals surface area contributed by atoms with E-state index in [-0.39, 0.29) is 18.0 Å². The van der Waals surface area contributed by atoms with Crippen molar-refractivity contribution in [2.75, 3.05) is 20.2 Å². The molecule has 0 unspecified atom stereocenters. The Morgan fingerprint density at radius 2 is 1.76 bits per heavy atom. The molecule has 0 atom stereocenters. The number of carbonyl (C=O) groups is 3. The monoisotopic (exact) mass is 411 g/mol. The van der Waals surface area contributed by atoms with Crippen LogP contribution in [0.5, 0.6) is 0 Å². The highest BCUT2D eigenvalue weighted by Crippen LogP contribution is 2.30. The molecule has 0 aliphatic carbocycles. The largest absolute Gasteiger partial charge is 0.452 e. The summed E-state index contributed by atoms with van der Waals surface area (Å²) < 4.78 is 5.14. The van der Waals surface area contributed by atoms with Crippen LogP contribution in [0, 0.1) is 0 Å². The van der Waals surface area contributed by atoms with Crippen LogP contribution in [0.1, 0.15) is 10.4 Å². The lowest BCUT2D eigenvalue weighted by Gasteiger charge is -2.11. The van der Waals surface area contributed by atoms with E-state index in [1.807, 2.05) is 12.1 Å². The summed E-state index contributed by atoms with van der Waals surface area (Å²) in [5, 5.41) is 5.84. The van der Waals surface area contributed by atoms with Crippen molar-refractivity contribution in [2.24, 2.45) is 0 Å². The van der Waals surface area contributed by atoms with Gasteiger partial charge in [0.2, 0.25) is 5.91 Å². The van der Waals surface area contributed by atoms with E-state index in [1.54, 1.807) is 42.5 Å². The second-order valence-corrected chi connectivity index (χ2v) is 6.49. The number of pyridine rings is 1. The Bertz CT molecular complexity index is 1080. The van der Waals surface area contributed by atoms with Gasteiger partial charge in [-0.15, -0.1) is 0 Å². The molecule has 7 nitrogen and oxygen atoms in total. The van der Waals surface area contributed by atoms with Crippen LogP contribution in [0.15, 0.2) is 54.6 Å². The third-order valence-corrected chi connectivity index (χ3v) is 4.47. The summed E-state index contributed by atoms with van der Waals surface area (Å²) >= 11 is 6.28. The Balaban J connectivity index is 1.86. The van der Waals surface area contributed by atoms with Gasteiger partial charge in [0, 0.05) is 23.0 Å². The fraction of sp³-hybridized carbons (Fsp3) is 0.143. The summed E-state index contributed by atoms with van der Waals surface area (Å²) in [7, 11) is 1.46. The highest BCUT2D eigenvalue weighted by Gasteiger charge is 2.17. The Morgan fingerprint density at radius 3 is 2.52 bits per heavy atom. The maximum Gasteiger partial charge on any atom is 0.339 e. The molecular formula is C21H18ClN3O4. The van der Waals surface area contributed by atoms with Crippen LogP contribution in [0.25, 0.3) is 22.2 Å². The minimum Gasteiger partial charge on any atom is -0.452 e. The number of fused-ring (bicyclic) bond motifs is 1. The fourth-order valence-corrected chi connectivity index (χ4v) is 2.91. The molecule has 2 amide bonds. The summed E-state index contributed by atoms with van der Waals surface area (Å²) in [5.41, 5.74) is 2.06. The molecule has 2 aromatic carbocycles. The van der Waals surface area contributed by atoms with Crippen molar-refractivity contribution in [1.29, 1.82) is 0 Å². The molecule has 0 saturated carbocycles. The van der Waals surface area contributed by atoms with Crippen molar-refractivity contribution in [1.82, 2.24) is 15.6 Å². The number of carbonyl (C=O) groups excluding carboxylic acids is 3. The minimum absolute atomic E-state index is 0.193. The van der Waals surface area contributed by atoms with E-state index >= 15 is 0 Å². The topological polar surface area (TPSA) is 97.4 Å². The molecule has 3 rings (SSSR count). The Morgan fingerprint density at radius 1 is 1.03 bits per heavy atom. The van der Waals surface area contributed by atoms with Gasteiger partial charge in [-0.1, -0.05) is 48.0 Å². The lowest BCUT2D eigenvalue weighted by atomic mass is 10.0.